The van der Waals surface area contributed by atoms with Gasteiger partial charge in [-0.3, -0.25) is 4.79 Å². The van der Waals surface area contributed by atoms with Crippen LogP contribution in [0.2, 0.25) is 0 Å². The third kappa shape index (κ3) is 5.74. The summed E-state index contributed by atoms with van der Waals surface area (Å²) in [5.41, 5.74) is 0.366. The van der Waals surface area contributed by atoms with Crippen molar-refractivity contribution in [2.75, 3.05) is 13.1 Å². The largest absolute Gasteiger partial charge is 0.446 e. The molecule has 0 radical (unpaired) electrons. The lowest BCUT2D eigenvalue weighted by Gasteiger charge is -2.14. The van der Waals surface area contributed by atoms with E-state index < -0.39 is 30.4 Å². The molecule has 0 saturated carbocycles. The fourth-order valence-electron chi connectivity index (χ4n) is 1.19. The molecule has 0 aliphatic rings. The number of rotatable bonds is 5. The molecule has 0 aliphatic carbocycles. The number of benzene rings is 1. The number of halogens is 5. The maximum absolute atomic E-state index is 12.8. The Morgan fingerprint density at radius 1 is 1.15 bits per heavy atom. The van der Waals surface area contributed by atoms with Crippen LogP contribution in [0.4, 0.5) is 22.0 Å². The summed E-state index contributed by atoms with van der Waals surface area (Å²) in [4.78, 5) is 11.4. The Morgan fingerprint density at radius 2 is 1.70 bits per heavy atom. The van der Waals surface area contributed by atoms with E-state index in [1.165, 1.54) is 0 Å². The molecule has 0 spiro atoms. The van der Waals surface area contributed by atoms with Crippen molar-refractivity contribution in [3.8, 4) is 0 Å². The van der Waals surface area contributed by atoms with Gasteiger partial charge in [-0.25, -0.2) is 8.78 Å². The smallest absolute Gasteiger partial charge is 0.346 e. The van der Waals surface area contributed by atoms with Gasteiger partial charge in [0.05, 0.1) is 13.1 Å². The molecule has 0 atom stereocenters. The second kappa shape index (κ2) is 6.40. The van der Waals surface area contributed by atoms with E-state index >= 15 is 0 Å². The Balaban J connectivity index is 2.62. The average molecular weight is 314 g/mol. The van der Waals surface area contributed by atoms with Crippen LogP contribution in [0.5, 0.6) is 0 Å². The molecule has 3 N–H and O–H groups in total. The van der Waals surface area contributed by atoms with Crippen LogP contribution in [0.3, 0.4) is 0 Å². The molecular formula is C11H11F5N2OS. The van der Waals surface area contributed by atoms with Crippen molar-refractivity contribution in [2.24, 2.45) is 5.73 Å². The van der Waals surface area contributed by atoms with Crippen molar-refractivity contribution in [3.63, 3.8) is 0 Å². The Morgan fingerprint density at radius 3 is 2.15 bits per heavy atom. The van der Waals surface area contributed by atoms with Crippen molar-refractivity contribution < 1.29 is 26.7 Å². The standard InChI is InChI=1S/C11H11F5N2OS/c12-10(13,5-17)6-18-9(19)7-1-3-8(4-2-7)20-11(14,15)16/h1-4H,5-6,17H2,(H,18,19). The number of alkyl halides is 5. The van der Waals surface area contributed by atoms with E-state index in [-0.39, 0.29) is 22.2 Å². The number of nitrogens with one attached hydrogen (secondary N) is 1. The molecule has 3 nitrogen and oxygen atoms in total. The summed E-state index contributed by atoms with van der Waals surface area (Å²) >= 11 is -0.326. The lowest BCUT2D eigenvalue weighted by atomic mass is 10.2. The first-order chi connectivity index (χ1) is 9.13. The highest BCUT2D eigenvalue weighted by Gasteiger charge is 2.29. The molecule has 1 rings (SSSR count). The van der Waals surface area contributed by atoms with Crippen molar-refractivity contribution >= 4 is 17.7 Å². The summed E-state index contributed by atoms with van der Waals surface area (Å²) < 4.78 is 61.9. The van der Waals surface area contributed by atoms with E-state index in [1.807, 2.05) is 5.32 Å². The summed E-state index contributed by atoms with van der Waals surface area (Å²) in [7, 11) is 0. The van der Waals surface area contributed by atoms with Gasteiger partial charge in [-0.05, 0) is 36.0 Å². The van der Waals surface area contributed by atoms with Gasteiger partial charge < -0.3 is 11.1 Å². The zero-order valence-electron chi connectivity index (χ0n) is 10.0. The van der Waals surface area contributed by atoms with Crippen LogP contribution in [0.15, 0.2) is 29.2 Å². The van der Waals surface area contributed by atoms with E-state index in [9.17, 15) is 26.7 Å². The average Bonchev–Trinajstić information content (AvgIpc) is 2.35. The summed E-state index contributed by atoms with van der Waals surface area (Å²) in [6, 6.07) is 4.44. The van der Waals surface area contributed by atoms with Crippen molar-refractivity contribution in [3.05, 3.63) is 29.8 Å². The molecule has 0 bridgehead atoms. The first kappa shape index (κ1) is 16.7. The van der Waals surface area contributed by atoms with Crippen molar-refractivity contribution in [1.82, 2.24) is 5.32 Å². The molecule has 0 unspecified atom stereocenters. The highest BCUT2D eigenvalue weighted by molar-refractivity contribution is 8.00. The van der Waals surface area contributed by atoms with E-state index in [1.54, 1.807) is 0 Å². The van der Waals surface area contributed by atoms with E-state index in [2.05, 4.69) is 0 Å². The fourth-order valence-corrected chi connectivity index (χ4v) is 1.73. The van der Waals surface area contributed by atoms with Gasteiger partial charge in [0, 0.05) is 10.5 Å². The van der Waals surface area contributed by atoms with Crippen molar-refractivity contribution in [2.45, 2.75) is 16.3 Å². The Kier molecular flexibility index (Phi) is 5.35. The minimum absolute atomic E-state index is 0.00986. The molecule has 112 valence electrons. The number of hydrogen-bond donors (Lipinski definition) is 2. The maximum atomic E-state index is 12.8. The second-order valence-electron chi connectivity index (χ2n) is 3.81. The minimum atomic E-state index is -4.42. The van der Waals surface area contributed by atoms with Gasteiger partial charge in [0.1, 0.15) is 0 Å². The summed E-state index contributed by atoms with van der Waals surface area (Å²) in [6.07, 6.45) is 0. The van der Waals surface area contributed by atoms with Crippen LogP contribution in [-0.4, -0.2) is 30.4 Å². The molecule has 1 aromatic carbocycles. The van der Waals surface area contributed by atoms with Gasteiger partial charge in [-0.15, -0.1) is 0 Å². The number of nitrogens with two attached hydrogens (primary N) is 1. The zero-order valence-corrected chi connectivity index (χ0v) is 10.8. The van der Waals surface area contributed by atoms with E-state index in [0.717, 1.165) is 24.3 Å². The first-order valence-corrected chi connectivity index (χ1v) is 6.16. The van der Waals surface area contributed by atoms with Gasteiger partial charge in [-0.1, -0.05) is 0 Å². The van der Waals surface area contributed by atoms with Crippen LogP contribution in [0.25, 0.3) is 0 Å². The lowest BCUT2D eigenvalue weighted by molar-refractivity contribution is -0.0328. The van der Waals surface area contributed by atoms with Gasteiger partial charge in [0.2, 0.25) is 0 Å². The maximum Gasteiger partial charge on any atom is 0.446 e. The predicted molar refractivity (Wildman–Crippen MR) is 64.7 cm³/mol. The van der Waals surface area contributed by atoms with Crippen LogP contribution in [0.1, 0.15) is 10.4 Å². The van der Waals surface area contributed by atoms with Crippen LogP contribution in [0, 0.1) is 0 Å². The molecule has 0 saturated heterocycles. The third-order valence-corrected chi connectivity index (χ3v) is 2.90. The predicted octanol–water partition coefficient (Wildman–Crippen LogP) is 2.62. The SMILES string of the molecule is NCC(F)(F)CNC(=O)c1ccc(SC(F)(F)F)cc1. The molecule has 0 aliphatic heterocycles. The molecule has 0 fully saturated rings. The first-order valence-electron chi connectivity index (χ1n) is 5.35. The third-order valence-electron chi connectivity index (χ3n) is 2.16. The second-order valence-corrected chi connectivity index (χ2v) is 4.95. The number of amides is 1. The number of hydrogen-bond acceptors (Lipinski definition) is 3. The highest BCUT2D eigenvalue weighted by Crippen LogP contribution is 2.36. The molecule has 0 aromatic heterocycles. The number of carbonyl (C=O) groups is 1. The number of carbonyl (C=O) groups excluding carboxylic acids is 1. The number of thioether (sulfide) groups is 1. The molecule has 1 aromatic rings. The minimum Gasteiger partial charge on any atom is -0.346 e. The Hall–Kier alpha value is -1.35. The molecule has 1 amide bonds. The Bertz CT molecular complexity index is 461. The molecular weight excluding hydrogens is 303 g/mol. The fraction of sp³-hybridized carbons (Fsp3) is 0.364. The normalized spacial score (nSPS) is 12.3. The van der Waals surface area contributed by atoms with Gasteiger partial charge in [0.15, 0.2) is 0 Å². The summed E-state index contributed by atoms with van der Waals surface area (Å²) in [6.45, 7) is -1.84. The zero-order chi connectivity index (χ0) is 15.4. The monoisotopic (exact) mass is 314 g/mol. The van der Waals surface area contributed by atoms with E-state index in [4.69, 9.17) is 5.73 Å². The quantitative estimate of drug-likeness (QED) is 0.649. The Labute approximate surface area is 115 Å². The molecule has 0 heterocycles. The highest BCUT2D eigenvalue weighted by atomic mass is 32.2. The lowest BCUT2D eigenvalue weighted by Crippen LogP contribution is -2.41. The van der Waals surface area contributed by atoms with Gasteiger partial charge in [0.25, 0.3) is 11.8 Å². The van der Waals surface area contributed by atoms with Crippen LogP contribution in [-0.2, 0) is 0 Å². The topological polar surface area (TPSA) is 55.1 Å². The molecule has 9 heteroatoms. The van der Waals surface area contributed by atoms with E-state index in [0.29, 0.717) is 0 Å². The van der Waals surface area contributed by atoms with Gasteiger partial charge in [-0.2, -0.15) is 13.2 Å². The van der Waals surface area contributed by atoms with Crippen LogP contribution < -0.4 is 11.1 Å². The summed E-state index contributed by atoms with van der Waals surface area (Å²) in [5, 5.41) is 1.96. The molecule has 20 heavy (non-hydrogen) atoms. The van der Waals surface area contributed by atoms with Crippen LogP contribution >= 0.6 is 11.8 Å². The summed E-state index contributed by atoms with van der Waals surface area (Å²) in [5.74, 6) is -4.02. The van der Waals surface area contributed by atoms with Gasteiger partial charge >= 0.3 is 5.51 Å². The van der Waals surface area contributed by atoms with Crippen molar-refractivity contribution in [1.29, 1.82) is 0 Å².